The molecule has 0 aliphatic rings. The van der Waals surface area contributed by atoms with E-state index in [1.165, 1.54) is 23.2 Å². The average Bonchev–Trinajstić information content (AvgIpc) is 2.72. The van der Waals surface area contributed by atoms with Crippen LogP contribution in [0.2, 0.25) is 5.04 Å². The van der Waals surface area contributed by atoms with Gasteiger partial charge >= 0.3 is 0 Å². The van der Waals surface area contributed by atoms with E-state index >= 15 is 0 Å². The predicted molar refractivity (Wildman–Crippen MR) is 126 cm³/mol. The lowest BCUT2D eigenvalue weighted by atomic mass is 10.1. The van der Waals surface area contributed by atoms with Crippen molar-refractivity contribution in [1.82, 2.24) is 0 Å². The Hall–Kier alpha value is -1.86. The summed E-state index contributed by atoms with van der Waals surface area (Å²) >= 11 is 0. The number of aliphatic hydroxyl groups excluding tert-OH is 1. The molecule has 0 aliphatic carbocycles. The van der Waals surface area contributed by atoms with Gasteiger partial charge in [0.15, 0.2) is 0 Å². The van der Waals surface area contributed by atoms with Crippen molar-refractivity contribution < 1.29 is 9.53 Å². The lowest BCUT2D eigenvalue weighted by molar-refractivity contribution is 0.282. The number of unbranched alkanes of at least 4 members (excludes halogenated alkanes) is 5. The maximum atomic E-state index is 8.82. The lowest BCUT2D eigenvalue weighted by Gasteiger charge is -2.42. The first kappa shape index (κ1) is 23.4. The van der Waals surface area contributed by atoms with Crippen LogP contribution in [0, 0.1) is 11.8 Å². The van der Waals surface area contributed by atoms with Crippen LogP contribution >= 0.6 is 0 Å². The number of hydrogen-bond acceptors (Lipinski definition) is 2. The van der Waals surface area contributed by atoms with Crippen molar-refractivity contribution in [2.24, 2.45) is 0 Å². The molecule has 0 fully saturated rings. The van der Waals surface area contributed by atoms with Gasteiger partial charge in [-0.2, -0.15) is 0 Å². The fourth-order valence-electron chi connectivity index (χ4n) is 3.90. The van der Waals surface area contributed by atoms with E-state index in [1.807, 2.05) is 0 Å². The van der Waals surface area contributed by atoms with Crippen molar-refractivity contribution in [3.63, 3.8) is 0 Å². The van der Waals surface area contributed by atoms with Gasteiger partial charge in [0, 0.05) is 13.0 Å². The van der Waals surface area contributed by atoms with E-state index in [0.29, 0.717) is 13.2 Å². The zero-order valence-electron chi connectivity index (χ0n) is 18.3. The average molecular weight is 409 g/mol. The van der Waals surface area contributed by atoms with Crippen molar-refractivity contribution in [2.45, 2.75) is 64.3 Å². The first-order chi connectivity index (χ1) is 14.0. The maximum Gasteiger partial charge on any atom is 0.262 e. The second-order valence-corrected chi connectivity index (χ2v) is 12.9. The van der Waals surface area contributed by atoms with Crippen molar-refractivity contribution >= 4 is 18.7 Å². The van der Waals surface area contributed by atoms with Crippen LogP contribution < -0.4 is 10.4 Å². The van der Waals surface area contributed by atoms with Crippen molar-refractivity contribution in [3.8, 4) is 11.8 Å². The van der Waals surface area contributed by atoms with Crippen molar-refractivity contribution in [1.29, 1.82) is 0 Å². The minimum atomic E-state index is -2.47. The molecule has 2 aromatic rings. The largest absolute Gasteiger partial charge is 0.396 e. The molecule has 0 heterocycles. The third kappa shape index (κ3) is 6.57. The van der Waals surface area contributed by atoms with E-state index in [9.17, 15) is 0 Å². The van der Waals surface area contributed by atoms with Crippen LogP contribution in [-0.4, -0.2) is 26.6 Å². The maximum absolute atomic E-state index is 8.82. The van der Waals surface area contributed by atoms with Gasteiger partial charge in [0.25, 0.3) is 8.32 Å². The Balaban J connectivity index is 2.11. The molecular formula is C26H36O2Si. The first-order valence-corrected chi connectivity index (χ1v) is 12.7. The molecule has 0 atom stereocenters. The fraction of sp³-hybridized carbons (Fsp3) is 0.462. The van der Waals surface area contributed by atoms with Crippen LogP contribution in [0.5, 0.6) is 0 Å². The van der Waals surface area contributed by atoms with Gasteiger partial charge < -0.3 is 9.53 Å². The van der Waals surface area contributed by atoms with Gasteiger partial charge in [0.05, 0.1) is 6.61 Å². The van der Waals surface area contributed by atoms with E-state index in [-0.39, 0.29) is 5.04 Å². The molecule has 1 N–H and O–H groups in total. The van der Waals surface area contributed by atoms with E-state index < -0.39 is 8.32 Å². The van der Waals surface area contributed by atoms with E-state index in [1.54, 1.807) is 0 Å². The monoisotopic (exact) mass is 408 g/mol. The standard InChI is InChI=1S/C26H36O2Si/c1-26(2,3)29(24-18-12-10-13-19-24,25-20-14-11-15-21-25)28-23-17-9-7-5-4-6-8-16-22-27/h10-15,18-21,27H,4-8,16,22-23H2,1-3H3. The minimum absolute atomic E-state index is 0.00983. The molecule has 0 radical (unpaired) electrons. The molecule has 0 spiro atoms. The summed E-state index contributed by atoms with van der Waals surface area (Å²) in [5.41, 5.74) is 0. The van der Waals surface area contributed by atoms with Crippen LogP contribution in [0.15, 0.2) is 60.7 Å². The zero-order valence-corrected chi connectivity index (χ0v) is 19.3. The molecule has 0 saturated carbocycles. The molecule has 0 aromatic heterocycles. The Morgan fingerprint density at radius 1 is 0.759 bits per heavy atom. The number of rotatable bonds is 10. The predicted octanol–water partition coefficient (Wildman–Crippen LogP) is 4.90. The Bertz CT molecular complexity index is 715. The highest BCUT2D eigenvalue weighted by atomic mass is 28.4. The Kier molecular flexibility index (Phi) is 9.67. The first-order valence-electron chi connectivity index (χ1n) is 10.8. The quantitative estimate of drug-likeness (QED) is 0.344. The molecule has 0 bridgehead atoms. The molecular weight excluding hydrogens is 372 g/mol. The molecule has 29 heavy (non-hydrogen) atoms. The van der Waals surface area contributed by atoms with Crippen LogP contribution in [0.4, 0.5) is 0 Å². The number of hydrogen-bond donors (Lipinski definition) is 1. The van der Waals surface area contributed by atoms with E-state index in [0.717, 1.165) is 25.7 Å². The molecule has 2 nitrogen and oxygen atoms in total. The molecule has 2 aromatic carbocycles. The van der Waals surface area contributed by atoms with Gasteiger partial charge in [-0.3, -0.25) is 0 Å². The van der Waals surface area contributed by atoms with Crippen LogP contribution in [0.3, 0.4) is 0 Å². The number of benzene rings is 2. The van der Waals surface area contributed by atoms with Gasteiger partial charge in [0.1, 0.15) is 0 Å². The van der Waals surface area contributed by atoms with Crippen molar-refractivity contribution in [3.05, 3.63) is 60.7 Å². The smallest absolute Gasteiger partial charge is 0.262 e. The second-order valence-electron chi connectivity index (χ2n) is 8.55. The van der Waals surface area contributed by atoms with Gasteiger partial charge in [-0.1, -0.05) is 107 Å². The molecule has 0 aliphatic heterocycles. The molecule has 2 rings (SSSR count). The summed E-state index contributed by atoms with van der Waals surface area (Å²) in [7, 11) is -2.47. The van der Waals surface area contributed by atoms with Gasteiger partial charge in [-0.05, 0) is 28.3 Å². The lowest BCUT2D eigenvalue weighted by Crippen LogP contribution is -2.66. The summed E-state index contributed by atoms with van der Waals surface area (Å²) in [4.78, 5) is 0. The van der Waals surface area contributed by atoms with Gasteiger partial charge in [0.2, 0.25) is 0 Å². The van der Waals surface area contributed by atoms with Crippen LogP contribution in [0.1, 0.15) is 59.3 Å². The molecule has 0 amide bonds. The Morgan fingerprint density at radius 3 is 1.79 bits per heavy atom. The summed E-state index contributed by atoms with van der Waals surface area (Å²) in [6, 6.07) is 21.4. The third-order valence-electron chi connectivity index (χ3n) is 5.36. The molecule has 0 saturated heterocycles. The highest BCUT2D eigenvalue weighted by Gasteiger charge is 2.49. The highest BCUT2D eigenvalue weighted by molar-refractivity contribution is 6.99. The second kappa shape index (κ2) is 12.0. The summed E-state index contributed by atoms with van der Waals surface area (Å²) in [6.07, 6.45) is 6.44. The Labute approximate surface area is 178 Å². The Morgan fingerprint density at radius 2 is 1.28 bits per heavy atom. The molecule has 0 unspecified atom stereocenters. The van der Waals surface area contributed by atoms with E-state index in [4.69, 9.17) is 9.53 Å². The van der Waals surface area contributed by atoms with Gasteiger partial charge in [-0.25, -0.2) is 0 Å². The third-order valence-corrected chi connectivity index (χ3v) is 10.3. The summed E-state index contributed by atoms with van der Waals surface area (Å²) in [5, 5.41) is 11.4. The fourth-order valence-corrected chi connectivity index (χ4v) is 8.35. The van der Waals surface area contributed by atoms with E-state index in [2.05, 4.69) is 93.3 Å². The highest BCUT2D eigenvalue weighted by Crippen LogP contribution is 2.36. The molecule has 3 heteroatoms. The zero-order chi connectivity index (χ0) is 21.0. The molecule has 156 valence electrons. The summed E-state index contributed by atoms with van der Waals surface area (Å²) in [5.74, 6) is 6.58. The topological polar surface area (TPSA) is 29.5 Å². The summed E-state index contributed by atoms with van der Waals surface area (Å²) < 4.78 is 6.76. The SMILES string of the molecule is CC(C)(C)[Si](OCC#CCCCCCCCO)(c1ccccc1)c1ccccc1. The summed E-state index contributed by atoms with van der Waals surface area (Å²) in [6.45, 7) is 7.65. The van der Waals surface area contributed by atoms with Crippen LogP contribution in [0.25, 0.3) is 0 Å². The van der Waals surface area contributed by atoms with Crippen LogP contribution in [-0.2, 0) is 4.43 Å². The van der Waals surface area contributed by atoms with Gasteiger partial charge in [-0.15, -0.1) is 5.92 Å². The van der Waals surface area contributed by atoms with Crippen molar-refractivity contribution in [2.75, 3.05) is 13.2 Å². The normalized spacial score (nSPS) is 11.7. The minimum Gasteiger partial charge on any atom is -0.396 e. The number of aliphatic hydroxyl groups is 1.